The van der Waals surface area contributed by atoms with Crippen LogP contribution in [0.2, 0.25) is 0 Å². The van der Waals surface area contributed by atoms with Gasteiger partial charge < -0.3 is 15.0 Å². The minimum atomic E-state index is -0.424. The summed E-state index contributed by atoms with van der Waals surface area (Å²) in [6, 6.07) is 4.36. The zero-order valence-electron chi connectivity index (χ0n) is 13.3. The maximum absolute atomic E-state index is 11.9. The van der Waals surface area contributed by atoms with Gasteiger partial charge in [0.2, 0.25) is 0 Å². The fraction of sp³-hybridized carbons (Fsp3) is 0.625. The van der Waals surface area contributed by atoms with Crippen LogP contribution < -0.4 is 5.32 Å². The number of rotatable bonds is 4. The first-order valence-electron chi connectivity index (χ1n) is 7.45. The smallest absolute Gasteiger partial charge is 0.410 e. The van der Waals surface area contributed by atoms with Crippen LogP contribution in [0.3, 0.4) is 0 Å². The van der Waals surface area contributed by atoms with Gasteiger partial charge in [-0.05, 0) is 39.3 Å². The molecule has 21 heavy (non-hydrogen) atoms. The van der Waals surface area contributed by atoms with E-state index in [0.717, 1.165) is 19.6 Å². The Hall–Kier alpha value is -1.62. The van der Waals surface area contributed by atoms with Crippen molar-refractivity contribution in [3.63, 3.8) is 0 Å². The molecular formula is C16H25N3O2. The predicted molar refractivity (Wildman–Crippen MR) is 81.8 cm³/mol. The number of hydrogen-bond acceptors (Lipinski definition) is 4. The molecule has 1 aliphatic heterocycles. The van der Waals surface area contributed by atoms with E-state index < -0.39 is 5.60 Å². The molecule has 0 saturated carbocycles. The van der Waals surface area contributed by atoms with Crippen molar-refractivity contribution < 1.29 is 9.53 Å². The minimum Gasteiger partial charge on any atom is -0.444 e. The second kappa shape index (κ2) is 6.43. The third-order valence-electron chi connectivity index (χ3n) is 3.62. The number of pyridine rings is 1. The number of nitrogens with one attached hydrogen (secondary N) is 1. The van der Waals surface area contributed by atoms with E-state index in [9.17, 15) is 4.79 Å². The van der Waals surface area contributed by atoms with Crippen molar-refractivity contribution in [3.8, 4) is 0 Å². The predicted octanol–water partition coefficient (Wildman–Crippen LogP) is 2.43. The number of carbonyl (C=O) groups excluding carboxylic acids is 1. The third-order valence-corrected chi connectivity index (χ3v) is 3.62. The number of nitrogens with zero attached hydrogens (tertiary/aromatic N) is 2. The van der Waals surface area contributed by atoms with Crippen molar-refractivity contribution in [1.29, 1.82) is 0 Å². The molecule has 0 unspecified atom stereocenters. The lowest BCUT2D eigenvalue weighted by Crippen LogP contribution is -2.57. The van der Waals surface area contributed by atoms with Crippen LogP contribution in [0.5, 0.6) is 0 Å². The molecular weight excluding hydrogens is 266 g/mol. The maximum Gasteiger partial charge on any atom is 0.410 e. The molecule has 1 saturated heterocycles. The molecule has 2 heterocycles. The lowest BCUT2D eigenvalue weighted by Gasteiger charge is -2.42. The van der Waals surface area contributed by atoms with Crippen molar-refractivity contribution >= 4 is 6.09 Å². The molecule has 1 N–H and O–H groups in total. The Bertz CT molecular complexity index is 464. The quantitative estimate of drug-likeness (QED) is 0.925. The maximum atomic E-state index is 11.9. The second-order valence-electron chi connectivity index (χ2n) is 6.68. The summed E-state index contributed by atoms with van der Waals surface area (Å²) in [4.78, 5) is 17.7. The van der Waals surface area contributed by atoms with Gasteiger partial charge in [-0.1, -0.05) is 6.07 Å². The molecule has 0 aromatic carbocycles. The summed E-state index contributed by atoms with van der Waals surface area (Å²) in [5.41, 5.74) is 0.750. The molecule has 1 aromatic rings. The van der Waals surface area contributed by atoms with Crippen LogP contribution >= 0.6 is 0 Å². The van der Waals surface area contributed by atoms with E-state index in [2.05, 4.69) is 23.3 Å². The van der Waals surface area contributed by atoms with E-state index >= 15 is 0 Å². The number of hydrogen-bond donors (Lipinski definition) is 1. The standard InChI is InChI=1S/C16H25N3O2/c1-12(18-9-13-6-5-7-17-8-13)14-10-19(11-14)15(20)21-16(2,3)4/h5-8,12,14,18H,9-11H2,1-4H3/t12-/m0/s1. The molecule has 0 bridgehead atoms. The number of carbonyl (C=O) groups is 1. The molecule has 0 radical (unpaired) electrons. The van der Waals surface area contributed by atoms with Crippen molar-refractivity contribution in [3.05, 3.63) is 30.1 Å². The summed E-state index contributed by atoms with van der Waals surface area (Å²) in [5, 5.41) is 3.49. The summed E-state index contributed by atoms with van der Waals surface area (Å²) in [6.45, 7) is 10.2. The lowest BCUT2D eigenvalue weighted by atomic mass is 9.93. The van der Waals surface area contributed by atoms with Crippen molar-refractivity contribution in [2.24, 2.45) is 5.92 Å². The first-order valence-corrected chi connectivity index (χ1v) is 7.45. The molecule has 5 nitrogen and oxygen atoms in total. The topological polar surface area (TPSA) is 54.5 Å². The summed E-state index contributed by atoms with van der Waals surface area (Å²) >= 11 is 0. The van der Waals surface area contributed by atoms with E-state index in [0.29, 0.717) is 12.0 Å². The molecule has 1 amide bonds. The van der Waals surface area contributed by atoms with Crippen LogP contribution in [-0.4, -0.2) is 40.7 Å². The highest BCUT2D eigenvalue weighted by atomic mass is 16.6. The molecule has 116 valence electrons. The number of aromatic nitrogens is 1. The average molecular weight is 291 g/mol. The summed E-state index contributed by atoms with van der Waals surface area (Å²) in [5.74, 6) is 0.481. The molecule has 0 spiro atoms. The molecule has 1 aliphatic rings. The zero-order chi connectivity index (χ0) is 15.5. The van der Waals surface area contributed by atoms with Crippen LogP contribution in [0.25, 0.3) is 0 Å². The van der Waals surface area contributed by atoms with Gasteiger partial charge in [-0.3, -0.25) is 4.98 Å². The van der Waals surface area contributed by atoms with Crippen LogP contribution in [0, 0.1) is 5.92 Å². The van der Waals surface area contributed by atoms with Gasteiger partial charge in [-0.25, -0.2) is 4.79 Å². The summed E-state index contributed by atoms with van der Waals surface area (Å²) in [7, 11) is 0. The summed E-state index contributed by atoms with van der Waals surface area (Å²) in [6.07, 6.45) is 3.43. The Morgan fingerprint density at radius 3 is 2.81 bits per heavy atom. The van der Waals surface area contributed by atoms with Crippen molar-refractivity contribution in [1.82, 2.24) is 15.2 Å². The number of ether oxygens (including phenoxy) is 1. The van der Waals surface area contributed by atoms with Gasteiger partial charge in [0.05, 0.1) is 0 Å². The molecule has 1 atom stereocenters. The van der Waals surface area contributed by atoms with Gasteiger partial charge >= 0.3 is 6.09 Å². The fourth-order valence-corrected chi connectivity index (χ4v) is 2.25. The van der Waals surface area contributed by atoms with Crippen molar-refractivity contribution in [2.45, 2.75) is 45.9 Å². The highest BCUT2D eigenvalue weighted by Gasteiger charge is 2.36. The Morgan fingerprint density at radius 1 is 1.52 bits per heavy atom. The van der Waals surface area contributed by atoms with Gasteiger partial charge in [-0.15, -0.1) is 0 Å². The van der Waals surface area contributed by atoms with E-state index in [1.807, 2.05) is 33.0 Å². The highest BCUT2D eigenvalue weighted by molar-refractivity contribution is 5.69. The molecule has 0 aliphatic carbocycles. The van der Waals surface area contributed by atoms with E-state index in [4.69, 9.17) is 4.74 Å². The normalized spacial score (nSPS) is 17.2. The number of likely N-dealkylation sites (tertiary alicyclic amines) is 1. The molecule has 1 aromatic heterocycles. The zero-order valence-corrected chi connectivity index (χ0v) is 13.3. The van der Waals surface area contributed by atoms with E-state index in [1.165, 1.54) is 5.56 Å². The van der Waals surface area contributed by atoms with Crippen LogP contribution in [0.1, 0.15) is 33.3 Å². The first kappa shape index (κ1) is 15.8. The molecule has 5 heteroatoms. The average Bonchev–Trinajstić information content (AvgIpc) is 2.33. The third kappa shape index (κ3) is 4.70. The first-order chi connectivity index (χ1) is 9.85. The largest absolute Gasteiger partial charge is 0.444 e. The number of amides is 1. The fourth-order valence-electron chi connectivity index (χ4n) is 2.25. The monoisotopic (exact) mass is 291 g/mol. The lowest BCUT2D eigenvalue weighted by molar-refractivity contribution is -0.00579. The Balaban J connectivity index is 1.70. The Morgan fingerprint density at radius 2 is 2.24 bits per heavy atom. The second-order valence-corrected chi connectivity index (χ2v) is 6.68. The van der Waals surface area contributed by atoms with Crippen molar-refractivity contribution in [2.75, 3.05) is 13.1 Å². The van der Waals surface area contributed by atoms with Gasteiger partial charge in [0.15, 0.2) is 0 Å². The SMILES string of the molecule is C[C@H](NCc1cccnc1)C1CN(C(=O)OC(C)(C)C)C1. The van der Waals surface area contributed by atoms with Gasteiger partial charge in [0.1, 0.15) is 5.60 Å². The molecule has 2 rings (SSSR count). The van der Waals surface area contributed by atoms with Crippen LogP contribution in [-0.2, 0) is 11.3 Å². The van der Waals surface area contributed by atoms with E-state index in [-0.39, 0.29) is 6.09 Å². The van der Waals surface area contributed by atoms with Crippen LogP contribution in [0.15, 0.2) is 24.5 Å². The van der Waals surface area contributed by atoms with Gasteiger partial charge in [0, 0.05) is 44.0 Å². The van der Waals surface area contributed by atoms with Crippen LogP contribution in [0.4, 0.5) is 4.79 Å². The summed E-state index contributed by atoms with van der Waals surface area (Å²) < 4.78 is 5.36. The highest BCUT2D eigenvalue weighted by Crippen LogP contribution is 2.22. The van der Waals surface area contributed by atoms with Gasteiger partial charge in [-0.2, -0.15) is 0 Å². The molecule has 1 fully saturated rings. The Labute approximate surface area is 126 Å². The van der Waals surface area contributed by atoms with Gasteiger partial charge in [0.25, 0.3) is 0 Å². The Kier molecular flexibility index (Phi) is 4.83. The van der Waals surface area contributed by atoms with E-state index in [1.54, 1.807) is 11.1 Å². The minimum absolute atomic E-state index is 0.210.